The molecule has 0 unspecified atom stereocenters. The quantitative estimate of drug-likeness (QED) is 0.428. The van der Waals surface area contributed by atoms with Crippen molar-refractivity contribution in [3.05, 3.63) is 35.4 Å². The average molecular weight is 376 g/mol. The standard InChI is InChI=1S/C15H12N4O4S2/c1-24-15-18-14(25-19-15)17-13(22)10(7-16)6-9-2-4-11(5-3-9)23-8-12(20)21/h2-6H,8H2,1H3,(H,20,21)(H,17,18,19,22). The molecule has 0 aliphatic carbocycles. The molecule has 0 saturated carbocycles. The summed E-state index contributed by atoms with van der Waals surface area (Å²) < 4.78 is 9.03. The van der Waals surface area contributed by atoms with Crippen LogP contribution >= 0.6 is 23.3 Å². The third-order valence-corrected chi connectivity index (χ3v) is 4.02. The number of benzene rings is 1. The van der Waals surface area contributed by atoms with Gasteiger partial charge in [-0.25, -0.2) is 4.79 Å². The summed E-state index contributed by atoms with van der Waals surface area (Å²) in [4.78, 5) is 26.7. The van der Waals surface area contributed by atoms with Crippen LogP contribution in [0.1, 0.15) is 5.56 Å². The minimum Gasteiger partial charge on any atom is -0.482 e. The molecule has 2 aromatic rings. The lowest BCUT2D eigenvalue weighted by Crippen LogP contribution is -2.13. The van der Waals surface area contributed by atoms with Gasteiger partial charge in [-0.1, -0.05) is 23.9 Å². The SMILES string of the molecule is CSc1nsc(NC(=O)C(C#N)=Cc2ccc(OCC(=O)O)cc2)n1. The monoisotopic (exact) mass is 376 g/mol. The fraction of sp³-hybridized carbons (Fsp3) is 0.133. The molecule has 0 saturated heterocycles. The van der Waals surface area contributed by atoms with Gasteiger partial charge < -0.3 is 9.84 Å². The van der Waals surface area contributed by atoms with Crippen LogP contribution < -0.4 is 10.1 Å². The Morgan fingerprint density at radius 1 is 1.44 bits per heavy atom. The summed E-state index contributed by atoms with van der Waals surface area (Å²) in [5.74, 6) is -1.29. The van der Waals surface area contributed by atoms with Crippen molar-refractivity contribution in [1.82, 2.24) is 9.36 Å². The van der Waals surface area contributed by atoms with E-state index in [1.165, 1.54) is 17.8 Å². The van der Waals surface area contributed by atoms with E-state index < -0.39 is 18.5 Å². The zero-order valence-electron chi connectivity index (χ0n) is 12.9. The highest BCUT2D eigenvalue weighted by molar-refractivity contribution is 7.98. The van der Waals surface area contributed by atoms with Crippen molar-refractivity contribution in [2.75, 3.05) is 18.2 Å². The van der Waals surface area contributed by atoms with Crippen LogP contribution in [0.5, 0.6) is 5.75 Å². The number of rotatable bonds is 7. The topological polar surface area (TPSA) is 125 Å². The molecule has 0 aliphatic heterocycles. The summed E-state index contributed by atoms with van der Waals surface area (Å²) >= 11 is 2.38. The molecule has 25 heavy (non-hydrogen) atoms. The molecule has 1 heterocycles. The molecular formula is C15H12N4O4S2. The van der Waals surface area contributed by atoms with Crippen molar-refractivity contribution in [2.45, 2.75) is 5.16 Å². The number of amides is 1. The number of carbonyl (C=O) groups excluding carboxylic acids is 1. The highest BCUT2D eigenvalue weighted by Crippen LogP contribution is 2.19. The number of carboxylic acid groups (broad SMARTS) is 1. The first-order valence-electron chi connectivity index (χ1n) is 6.77. The fourth-order valence-electron chi connectivity index (χ4n) is 1.63. The van der Waals surface area contributed by atoms with E-state index in [0.29, 0.717) is 21.6 Å². The fourth-order valence-corrected chi connectivity index (χ4v) is 2.75. The van der Waals surface area contributed by atoms with Crippen LogP contribution in [0.4, 0.5) is 5.13 Å². The van der Waals surface area contributed by atoms with Gasteiger partial charge in [0, 0.05) is 11.5 Å². The first kappa shape index (κ1) is 18.4. The minimum atomic E-state index is -1.08. The van der Waals surface area contributed by atoms with Gasteiger partial charge in [0.2, 0.25) is 10.3 Å². The molecule has 10 heteroatoms. The van der Waals surface area contributed by atoms with E-state index in [2.05, 4.69) is 14.7 Å². The van der Waals surface area contributed by atoms with Crippen LogP contribution in [-0.2, 0) is 9.59 Å². The summed E-state index contributed by atoms with van der Waals surface area (Å²) in [6, 6.07) is 8.16. The first-order valence-corrected chi connectivity index (χ1v) is 8.77. The smallest absolute Gasteiger partial charge is 0.341 e. The largest absolute Gasteiger partial charge is 0.482 e. The molecule has 0 radical (unpaired) electrons. The molecular weight excluding hydrogens is 364 g/mol. The van der Waals surface area contributed by atoms with E-state index in [-0.39, 0.29) is 5.57 Å². The number of carboxylic acids is 1. The van der Waals surface area contributed by atoms with Crippen molar-refractivity contribution in [1.29, 1.82) is 5.26 Å². The third-order valence-electron chi connectivity index (χ3n) is 2.73. The molecule has 128 valence electrons. The number of hydrogen-bond donors (Lipinski definition) is 2. The Hall–Kier alpha value is -2.90. The Bertz CT molecular complexity index is 840. The Kier molecular flexibility index (Phi) is 6.50. The number of anilines is 1. The Labute approximate surface area is 151 Å². The van der Waals surface area contributed by atoms with Gasteiger partial charge in [0.15, 0.2) is 6.61 Å². The number of carbonyl (C=O) groups is 2. The highest BCUT2D eigenvalue weighted by Gasteiger charge is 2.12. The van der Waals surface area contributed by atoms with E-state index in [9.17, 15) is 14.9 Å². The maximum atomic E-state index is 12.1. The molecule has 2 N–H and O–H groups in total. The van der Waals surface area contributed by atoms with Crippen molar-refractivity contribution in [3.8, 4) is 11.8 Å². The van der Waals surface area contributed by atoms with Crippen LogP contribution in [0.2, 0.25) is 0 Å². The van der Waals surface area contributed by atoms with Crippen LogP contribution in [0.25, 0.3) is 6.08 Å². The van der Waals surface area contributed by atoms with E-state index in [0.717, 1.165) is 11.5 Å². The molecule has 2 rings (SSSR count). The number of thioether (sulfide) groups is 1. The third kappa shape index (κ3) is 5.59. The van der Waals surface area contributed by atoms with Gasteiger partial charge in [-0.05, 0) is 30.0 Å². The predicted molar refractivity (Wildman–Crippen MR) is 93.5 cm³/mol. The summed E-state index contributed by atoms with van der Waals surface area (Å²) in [6.07, 6.45) is 3.23. The van der Waals surface area contributed by atoms with Gasteiger partial charge in [-0.2, -0.15) is 14.6 Å². The lowest BCUT2D eigenvalue weighted by Gasteiger charge is -2.03. The molecule has 0 bridgehead atoms. The number of aromatic nitrogens is 2. The Balaban J connectivity index is 2.06. The van der Waals surface area contributed by atoms with Crippen LogP contribution in [-0.4, -0.2) is 39.2 Å². The van der Waals surface area contributed by atoms with Crippen molar-refractivity contribution in [2.24, 2.45) is 0 Å². The van der Waals surface area contributed by atoms with Gasteiger partial charge in [-0.3, -0.25) is 10.1 Å². The molecule has 8 nitrogen and oxygen atoms in total. The van der Waals surface area contributed by atoms with E-state index in [1.807, 2.05) is 12.3 Å². The van der Waals surface area contributed by atoms with Gasteiger partial charge in [0.05, 0.1) is 0 Å². The number of aliphatic carboxylic acids is 1. The zero-order chi connectivity index (χ0) is 18.2. The Morgan fingerprint density at radius 2 is 2.16 bits per heavy atom. The molecule has 1 amide bonds. The zero-order valence-corrected chi connectivity index (χ0v) is 14.6. The van der Waals surface area contributed by atoms with Gasteiger partial charge in [-0.15, -0.1) is 0 Å². The lowest BCUT2D eigenvalue weighted by molar-refractivity contribution is -0.139. The van der Waals surface area contributed by atoms with Crippen molar-refractivity contribution >= 4 is 46.4 Å². The predicted octanol–water partition coefficient (Wildman–Crippen LogP) is 2.27. The number of ether oxygens (including phenoxy) is 1. The van der Waals surface area contributed by atoms with Gasteiger partial charge >= 0.3 is 5.97 Å². The van der Waals surface area contributed by atoms with Gasteiger partial charge in [0.1, 0.15) is 17.4 Å². The summed E-state index contributed by atoms with van der Waals surface area (Å²) in [5, 5.41) is 21.1. The second kappa shape index (κ2) is 8.81. The number of nitriles is 1. The maximum Gasteiger partial charge on any atom is 0.341 e. The second-order valence-electron chi connectivity index (χ2n) is 4.46. The number of hydrogen-bond acceptors (Lipinski definition) is 8. The summed E-state index contributed by atoms with van der Waals surface area (Å²) in [7, 11) is 0. The van der Waals surface area contributed by atoms with E-state index in [1.54, 1.807) is 24.3 Å². The van der Waals surface area contributed by atoms with E-state index >= 15 is 0 Å². The molecule has 0 aliphatic rings. The average Bonchev–Trinajstić information content (AvgIpc) is 3.06. The second-order valence-corrected chi connectivity index (χ2v) is 5.99. The molecule has 0 spiro atoms. The van der Waals surface area contributed by atoms with Crippen molar-refractivity contribution in [3.63, 3.8) is 0 Å². The normalized spacial score (nSPS) is 10.8. The number of nitrogens with one attached hydrogen (secondary N) is 1. The van der Waals surface area contributed by atoms with Gasteiger partial charge in [0.25, 0.3) is 5.91 Å². The van der Waals surface area contributed by atoms with Crippen LogP contribution in [0.3, 0.4) is 0 Å². The molecule has 0 atom stereocenters. The highest BCUT2D eigenvalue weighted by atomic mass is 32.2. The summed E-state index contributed by atoms with van der Waals surface area (Å²) in [5.41, 5.74) is 0.497. The first-order chi connectivity index (χ1) is 12.0. The molecule has 1 aromatic carbocycles. The van der Waals surface area contributed by atoms with Crippen LogP contribution in [0.15, 0.2) is 35.0 Å². The molecule has 1 aromatic heterocycles. The van der Waals surface area contributed by atoms with Crippen molar-refractivity contribution < 1.29 is 19.4 Å². The molecule has 0 fully saturated rings. The Morgan fingerprint density at radius 3 is 2.72 bits per heavy atom. The van der Waals surface area contributed by atoms with E-state index in [4.69, 9.17) is 9.84 Å². The summed E-state index contributed by atoms with van der Waals surface area (Å²) in [6.45, 7) is -0.444. The minimum absolute atomic E-state index is 0.0971. The number of nitrogens with zero attached hydrogens (tertiary/aromatic N) is 3. The van der Waals surface area contributed by atoms with Crippen LogP contribution in [0, 0.1) is 11.3 Å². The maximum absolute atomic E-state index is 12.1. The lowest BCUT2D eigenvalue weighted by atomic mass is 10.1.